The van der Waals surface area contributed by atoms with E-state index in [9.17, 15) is 5.11 Å². The normalized spacial score (nSPS) is 21.1. The first-order valence-electron chi connectivity index (χ1n) is 7.35. The van der Waals surface area contributed by atoms with Crippen LogP contribution in [0.15, 0.2) is 18.2 Å². The number of benzene rings is 1. The number of methoxy groups -OCH3 is 1. The van der Waals surface area contributed by atoms with Gasteiger partial charge in [0.1, 0.15) is 5.75 Å². The zero-order chi connectivity index (χ0) is 14.5. The Morgan fingerprint density at radius 3 is 2.95 bits per heavy atom. The SMILES string of the molecule is COc1ccc(C)cc1C(O)CNCC1CCCN1C. The van der Waals surface area contributed by atoms with Crippen LogP contribution in [0.25, 0.3) is 0 Å². The topological polar surface area (TPSA) is 44.7 Å². The van der Waals surface area contributed by atoms with Crippen molar-refractivity contribution in [1.29, 1.82) is 0 Å². The molecule has 0 amide bonds. The lowest BCUT2D eigenvalue weighted by Crippen LogP contribution is -2.37. The van der Waals surface area contributed by atoms with Crippen LogP contribution < -0.4 is 10.1 Å². The Balaban J connectivity index is 1.88. The highest BCUT2D eigenvalue weighted by atomic mass is 16.5. The first kappa shape index (κ1) is 15.3. The Bertz CT molecular complexity index is 436. The van der Waals surface area contributed by atoms with Crippen LogP contribution in [-0.2, 0) is 0 Å². The van der Waals surface area contributed by atoms with E-state index in [-0.39, 0.29) is 0 Å². The summed E-state index contributed by atoms with van der Waals surface area (Å²) in [6.07, 6.45) is 1.99. The van der Waals surface area contributed by atoms with Gasteiger partial charge in [-0.25, -0.2) is 0 Å². The largest absolute Gasteiger partial charge is 0.496 e. The fraction of sp³-hybridized carbons (Fsp3) is 0.625. The summed E-state index contributed by atoms with van der Waals surface area (Å²) >= 11 is 0. The number of nitrogens with one attached hydrogen (secondary N) is 1. The summed E-state index contributed by atoms with van der Waals surface area (Å²) in [4.78, 5) is 2.38. The maximum atomic E-state index is 10.3. The Labute approximate surface area is 121 Å². The van der Waals surface area contributed by atoms with Gasteiger partial charge in [-0.1, -0.05) is 11.6 Å². The number of rotatable bonds is 6. The molecule has 0 saturated carbocycles. The molecule has 4 heteroatoms. The molecule has 0 spiro atoms. The number of likely N-dealkylation sites (N-methyl/N-ethyl adjacent to an activating group) is 1. The quantitative estimate of drug-likeness (QED) is 0.832. The van der Waals surface area contributed by atoms with Gasteiger partial charge in [-0.15, -0.1) is 0 Å². The van der Waals surface area contributed by atoms with Crippen molar-refractivity contribution in [1.82, 2.24) is 10.2 Å². The lowest BCUT2D eigenvalue weighted by molar-refractivity contribution is 0.166. The summed E-state index contributed by atoms with van der Waals surface area (Å²) < 4.78 is 5.32. The number of hydrogen-bond acceptors (Lipinski definition) is 4. The van der Waals surface area contributed by atoms with E-state index in [1.54, 1.807) is 7.11 Å². The number of aliphatic hydroxyl groups excluding tert-OH is 1. The van der Waals surface area contributed by atoms with E-state index in [0.29, 0.717) is 12.6 Å². The van der Waals surface area contributed by atoms with Gasteiger partial charge in [0, 0.05) is 24.7 Å². The van der Waals surface area contributed by atoms with Crippen molar-refractivity contribution in [3.63, 3.8) is 0 Å². The highest BCUT2D eigenvalue weighted by Gasteiger charge is 2.21. The molecule has 2 unspecified atom stereocenters. The van der Waals surface area contributed by atoms with Crippen molar-refractivity contribution < 1.29 is 9.84 Å². The van der Waals surface area contributed by atoms with Gasteiger partial charge in [-0.05, 0) is 45.5 Å². The maximum absolute atomic E-state index is 10.3. The van der Waals surface area contributed by atoms with E-state index >= 15 is 0 Å². The molecule has 0 aliphatic carbocycles. The molecule has 4 nitrogen and oxygen atoms in total. The van der Waals surface area contributed by atoms with Crippen LogP contribution in [-0.4, -0.2) is 49.8 Å². The molecule has 0 bridgehead atoms. The standard InChI is InChI=1S/C16H26N2O2/c1-12-6-7-16(20-3)14(9-12)15(19)11-17-10-13-5-4-8-18(13)2/h6-7,9,13,15,17,19H,4-5,8,10-11H2,1-3H3. The van der Waals surface area contributed by atoms with E-state index in [4.69, 9.17) is 4.74 Å². The summed E-state index contributed by atoms with van der Waals surface area (Å²) in [5.74, 6) is 0.753. The molecule has 1 aliphatic heterocycles. The third kappa shape index (κ3) is 3.72. The minimum atomic E-state index is -0.531. The molecule has 1 aliphatic rings. The molecule has 0 radical (unpaired) electrons. The maximum Gasteiger partial charge on any atom is 0.124 e. The fourth-order valence-electron chi connectivity index (χ4n) is 2.85. The van der Waals surface area contributed by atoms with Crippen LogP contribution in [0.5, 0.6) is 5.75 Å². The Morgan fingerprint density at radius 2 is 2.30 bits per heavy atom. The van der Waals surface area contributed by atoms with E-state index in [2.05, 4.69) is 17.3 Å². The Kier molecular flexibility index (Phi) is 5.40. The molecule has 112 valence electrons. The number of likely N-dealkylation sites (tertiary alicyclic amines) is 1. The van der Waals surface area contributed by atoms with Crippen LogP contribution in [0.4, 0.5) is 0 Å². The molecule has 20 heavy (non-hydrogen) atoms. The molecule has 2 N–H and O–H groups in total. The number of nitrogens with zero attached hydrogens (tertiary/aromatic N) is 1. The van der Waals surface area contributed by atoms with Crippen LogP contribution in [0.2, 0.25) is 0 Å². The summed E-state index contributed by atoms with van der Waals surface area (Å²) in [5.41, 5.74) is 2.00. The van der Waals surface area contributed by atoms with Gasteiger partial charge in [0.2, 0.25) is 0 Å². The number of aliphatic hydroxyl groups is 1. The van der Waals surface area contributed by atoms with Crippen molar-refractivity contribution in [2.45, 2.75) is 31.9 Å². The molecule has 2 atom stereocenters. The van der Waals surface area contributed by atoms with E-state index < -0.39 is 6.10 Å². The minimum Gasteiger partial charge on any atom is -0.496 e. The van der Waals surface area contributed by atoms with Gasteiger partial charge < -0.3 is 20.1 Å². The monoisotopic (exact) mass is 278 g/mol. The van der Waals surface area contributed by atoms with Gasteiger partial charge in [-0.3, -0.25) is 0 Å². The summed E-state index contributed by atoms with van der Waals surface area (Å²) in [5, 5.41) is 13.7. The molecule has 1 fully saturated rings. The van der Waals surface area contributed by atoms with Crippen LogP contribution in [0.1, 0.15) is 30.1 Å². The van der Waals surface area contributed by atoms with Crippen molar-refractivity contribution in [3.05, 3.63) is 29.3 Å². The molecule has 1 heterocycles. The highest BCUT2D eigenvalue weighted by molar-refractivity contribution is 5.38. The second-order valence-electron chi connectivity index (χ2n) is 5.70. The molecule has 1 saturated heterocycles. The van der Waals surface area contributed by atoms with E-state index in [1.165, 1.54) is 19.4 Å². The van der Waals surface area contributed by atoms with Crippen molar-refractivity contribution in [2.75, 3.05) is 33.8 Å². The predicted molar refractivity (Wildman–Crippen MR) is 81.2 cm³/mol. The van der Waals surface area contributed by atoms with Crippen LogP contribution in [0.3, 0.4) is 0 Å². The number of hydrogen-bond donors (Lipinski definition) is 2. The van der Waals surface area contributed by atoms with E-state index in [0.717, 1.165) is 23.4 Å². The highest BCUT2D eigenvalue weighted by Crippen LogP contribution is 2.26. The van der Waals surface area contributed by atoms with Gasteiger partial charge >= 0.3 is 0 Å². The van der Waals surface area contributed by atoms with Gasteiger partial charge in [-0.2, -0.15) is 0 Å². The number of aryl methyl sites for hydroxylation is 1. The summed E-state index contributed by atoms with van der Waals surface area (Å²) in [7, 11) is 3.81. The fourth-order valence-corrected chi connectivity index (χ4v) is 2.85. The van der Waals surface area contributed by atoms with Crippen LogP contribution in [0, 0.1) is 6.92 Å². The third-order valence-electron chi connectivity index (χ3n) is 4.13. The lowest BCUT2D eigenvalue weighted by atomic mass is 10.0. The lowest BCUT2D eigenvalue weighted by Gasteiger charge is -2.21. The number of ether oxygens (including phenoxy) is 1. The van der Waals surface area contributed by atoms with Crippen molar-refractivity contribution in [2.24, 2.45) is 0 Å². The smallest absolute Gasteiger partial charge is 0.124 e. The second-order valence-corrected chi connectivity index (χ2v) is 5.70. The van der Waals surface area contributed by atoms with Crippen LogP contribution >= 0.6 is 0 Å². The zero-order valence-corrected chi connectivity index (χ0v) is 12.7. The summed E-state index contributed by atoms with van der Waals surface area (Å²) in [6, 6.07) is 6.50. The minimum absolute atomic E-state index is 0.531. The first-order chi connectivity index (χ1) is 9.61. The zero-order valence-electron chi connectivity index (χ0n) is 12.7. The molecular formula is C16H26N2O2. The Morgan fingerprint density at radius 1 is 1.50 bits per heavy atom. The average molecular weight is 278 g/mol. The average Bonchev–Trinajstić information content (AvgIpc) is 2.84. The molecule has 2 rings (SSSR count). The second kappa shape index (κ2) is 7.07. The molecule has 0 aromatic heterocycles. The third-order valence-corrected chi connectivity index (χ3v) is 4.13. The van der Waals surface area contributed by atoms with Crippen molar-refractivity contribution >= 4 is 0 Å². The molecule has 1 aromatic rings. The van der Waals surface area contributed by atoms with Gasteiger partial charge in [0.15, 0.2) is 0 Å². The summed E-state index contributed by atoms with van der Waals surface area (Å²) in [6.45, 7) is 4.70. The van der Waals surface area contributed by atoms with E-state index in [1.807, 2.05) is 25.1 Å². The predicted octanol–water partition coefficient (Wildman–Crippen LogP) is 1.72. The molecule has 1 aromatic carbocycles. The van der Waals surface area contributed by atoms with Gasteiger partial charge in [0.25, 0.3) is 0 Å². The first-order valence-corrected chi connectivity index (χ1v) is 7.35. The Hall–Kier alpha value is -1.10. The van der Waals surface area contributed by atoms with Gasteiger partial charge in [0.05, 0.1) is 13.2 Å². The van der Waals surface area contributed by atoms with Crippen molar-refractivity contribution in [3.8, 4) is 5.75 Å². The molecular weight excluding hydrogens is 252 g/mol.